The molecule has 1 aliphatic rings. The zero-order valence-corrected chi connectivity index (χ0v) is 19.0. The summed E-state index contributed by atoms with van der Waals surface area (Å²) >= 11 is 0. The van der Waals surface area contributed by atoms with Gasteiger partial charge in [-0.05, 0) is 48.4 Å². The van der Waals surface area contributed by atoms with Gasteiger partial charge in [-0.15, -0.1) is 12.4 Å². The van der Waals surface area contributed by atoms with E-state index in [1.165, 1.54) is 35.0 Å². The smallest absolute Gasteiger partial charge is 0.356 e. The van der Waals surface area contributed by atoms with Crippen LogP contribution in [0.3, 0.4) is 0 Å². The van der Waals surface area contributed by atoms with Crippen LogP contribution in [0.4, 0.5) is 29.1 Å². The van der Waals surface area contributed by atoms with E-state index >= 15 is 0 Å². The lowest BCUT2D eigenvalue weighted by molar-refractivity contribution is -0.137. The highest BCUT2D eigenvalue weighted by Crippen LogP contribution is 2.32. The van der Waals surface area contributed by atoms with Gasteiger partial charge in [-0.2, -0.15) is 13.2 Å². The van der Waals surface area contributed by atoms with Gasteiger partial charge in [-0.3, -0.25) is 4.79 Å². The first-order valence-electron chi connectivity index (χ1n) is 10.6. The molecule has 0 spiro atoms. The Balaban J connectivity index is 0.00000289. The Morgan fingerprint density at radius 3 is 2.46 bits per heavy atom. The van der Waals surface area contributed by atoms with Gasteiger partial charge in [-0.25, -0.2) is 14.4 Å². The minimum atomic E-state index is -4.57. The normalized spacial score (nSPS) is 13.3. The number of hydrogen-bond acceptors (Lipinski definition) is 4. The van der Waals surface area contributed by atoms with Gasteiger partial charge in [0.15, 0.2) is 0 Å². The predicted octanol–water partition coefficient (Wildman–Crippen LogP) is 5.52. The van der Waals surface area contributed by atoms with E-state index in [4.69, 9.17) is 0 Å². The number of aromatic nitrogens is 3. The van der Waals surface area contributed by atoms with Gasteiger partial charge in [0.05, 0.1) is 17.4 Å². The van der Waals surface area contributed by atoms with Crippen LogP contribution in [0, 0.1) is 5.82 Å². The summed E-state index contributed by atoms with van der Waals surface area (Å²) in [6.07, 6.45) is -1.20. The van der Waals surface area contributed by atoms with E-state index < -0.39 is 23.5 Å². The van der Waals surface area contributed by atoms with Crippen LogP contribution in [0.2, 0.25) is 0 Å². The molecule has 0 aliphatic carbocycles. The van der Waals surface area contributed by atoms with Crippen molar-refractivity contribution in [1.29, 1.82) is 0 Å². The number of benzene rings is 1. The Hall–Kier alpha value is -3.66. The number of pyridine rings is 2. The highest BCUT2D eigenvalue weighted by molar-refractivity contribution is 6.06. The molecular weight excluding hydrogens is 486 g/mol. The van der Waals surface area contributed by atoms with Crippen LogP contribution in [0.25, 0.3) is 11.0 Å². The molecule has 3 aromatic heterocycles. The molecule has 4 heterocycles. The number of halogens is 5. The van der Waals surface area contributed by atoms with Crippen molar-refractivity contribution < 1.29 is 22.4 Å². The fraction of sp³-hybridized carbons (Fsp3) is 0.208. The Labute approximate surface area is 204 Å². The quantitative estimate of drug-likeness (QED) is 0.363. The maximum atomic E-state index is 13.7. The summed E-state index contributed by atoms with van der Waals surface area (Å²) in [6.45, 7) is 1.92. The summed E-state index contributed by atoms with van der Waals surface area (Å²) in [6, 6.07) is 11.6. The molecule has 1 N–H and O–H groups in total. The maximum absolute atomic E-state index is 13.7. The summed E-state index contributed by atoms with van der Waals surface area (Å²) < 4.78 is 54.8. The number of hydrogen-bond donors (Lipinski definition) is 1. The number of amides is 1. The third kappa shape index (κ3) is 5.07. The molecule has 1 fully saturated rings. The zero-order valence-electron chi connectivity index (χ0n) is 18.2. The van der Waals surface area contributed by atoms with Crippen LogP contribution in [-0.4, -0.2) is 33.5 Å². The van der Waals surface area contributed by atoms with E-state index in [1.807, 2.05) is 0 Å². The number of carbonyl (C=O) groups excluding carboxylic acids is 1. The van der Waals surface area contributed by atoms with E-state index in [0.29, 0.717) is 11.3 Å². The van der Waals surface area contributed by atoms with Gasteiger partial charge in [-0.1, -0.05) is 12.1 Å². The van der Waals surface area contributed by atoms with Crippen molar-refractivity contribution >= 4 is 40.9 Å². The summed E-state index contributed by atoms with van der Waals surface area (Å²) in [5, 5.41) is 2.89. The van der Waals surface area contributed by atoms with Crippen molar-refractivity contribution in [3.63, 3.8) is 0 Å². The summed E-state index contributed by atoms with van der Waals surface area (Å²) in [5.74, 6) is -0.185. The van der Waals surface area contributed by atoms with Crippen molar-refractivity contribution in [2.45, 2.75) is 19.1 Å². The number of nitrogens with zero attached hydrogens (tertiary/aromatic N) is 4. The second-order valence-corrected chi connectivity index (χ2v) is 8.08. The summed E-state index contributed by atoms with van der Waals surface area (Å²) in [4.78, 5) is 23.6. The lowest BCUT2D eigenvalue weighted by Gasteiger charge is -2.31. The molecule has 0 bridgehead atoms. The van der Waals surface area contributed by atoms with Crippen LogP contribution >= 0.6 is 12.4 Å². The van der Waals surface area contributed by atoms with Crippen molar-refractivity contribution in [3.8, 4) is 0 Å². The monoisotopic (exact) mass is 505 g/mol. The average molecular weight is 506 g/mol. The average Bonchev–Trinajstić information content (AvgIpc) is 3.11. The largest absolute Gasteiger partial charge is 0.417 e. The molecule has 5 rings (SSSR count). The molecule has 35 heavy (non-hydrogen) atoms. The second kappa shape index (κ2) is 9.53. The molecule has 0 radical (unpaired) electrons. The molecule has 0 atom stereocenters. The van der Waals surface area contributed by atoms with Gasteiger partial charge in [0.2, 0.25) is 0 Å². The molecule has 182 valence electrons. The lowest BCUT2D eigenvalue weighted by atomic mass is 10.2. The topological polar surface area (TPSA) is 63.1 Å². The molecule has 1 aromatic carbocycles. The molecule has 1 amide bonds. The minimum Gasteiger partial charge on any atom is -0.356 e. The molecule has 1 saturated heterocycles. The number of fused-ring (bicyclic) bond motifs is 1. The fourth-order valence-corrected chi connectivity index (χ4v) is 3.85. The van der Waals surface area contributed by atoms with Gasteiger partial charge >= 0.3 is 6.18 Å². The first-order chi connectivity index (χ1) is 16.3. The Morgan fingerprint density at radius 2 is 1.83 bits per heavy atom. The number of alkyl halides is 3. The third-order valence-corrected chi connectivity index (χ3v) is 5.71. The van der Waals surface area contributed by atoms with E-state index in [-0.39, 0.29) is 35.7 Å². The van der Waals surface area contributed by atoms with Crippen LogP contribution in [0.15, 0.2) is 60.9 Å². The molecule has 4 aromatic rings. The van der Waals surface area contributed by atoms with E-state index in [2.05, 4.69) is 20.2 Å². The number of anilines is 2. The van der Waals surface area contributed by atoms with Gasteiger partial charge in [0.1, 0.15) is 23.0 Å². The van der Waals surface area contributed by atoms with Gasteiger partial charge < -0.3 is 14.8 Å². The van der Waals surface area contributed by atoms with Crippen LogP contribution in [0.5, 0.6) is 0 Å². The zero-order chi connectivity index (χ0) is 23.9. The van der Waals surface area contributed by atoms with Crippen molar-refractivity contribution in [2.24, 2.45) is 0 Å². The molecule has 6 nitrogen and oxygen atoms in total. The third-order valence-electron chi connectivity index (χ3n) is 5.71. The lowest BCUT2D eigenvalue weighted by Crippen LogP contribution is -2.37. The van der Waals surface area contributed by atoms with E-state index in [0.717, 1.165) is 37.6 Å². The molecule has 11 heteroatoms. The van der Waals surface area contributed by atoms with E-state index in [1.54, 1.807) is 18.2 Å². The maximum Gasteiger partial charge on any atom is 0.417 e. The van der Waals surface area contributed by atoms with Crippen molar-refractivity contribution in [2.75, 3.05) is 23.3 Å². The molecular formula is C24H20ClF4N5O. The molecule has 0 unspecified atom stereocenters. The van der Waals surface area contributed by atoms with Crippen molar-refractivity contribution in [3.05, 3.63) is 83.6 Å². The number of carbonyl (C=O) groups is 1. The van der Waals surface area contributed by atoms with Crippen molar-refractivity contribution in [1.82, 2.24) is 14.5 Å². The Kier molecular flexibility index (Phi) is 6.66. The predicted molar refractivity (Wildman–Crippen MR) is 127 cm³/mol. The Bertz CT molecular complexity index is 1370. The molecule has 0 saturated carbocycles. The highest BCUT2D eigenvalue weighted by Gasteiger charge is 2.32. The minimum absolute atomic E-state index is 0. The summed E-state index contributed by atoms with van der Waals surface area (Å²) in [7, 11) is 0. The van der Waals surface area contributed by atoms with Crippen LogP contribution in [0.1, 0.15) is 28.0 Å². The highest BCUT2D eigenvalue weighted by atomic mass is 35.5. The van der Waals surface area contributed by atoms with Gasteiger partial charge in [0, 0.05) is 31.2 Å². The SMILES string of the molecule is Cl.O=C(Nc1ccc(N2CCC2)nc1)c1cc2cc(C(F)(F)F)cnc2n1Cc1cccc(F)c1. The fourth-order valence-electron chi connectivity index (χ4n) is 3.85. The van der Waals surface area contributed by atoms with Gasteiger partial charge in [0.25, 0.3) is 5.91 Å². The van der Waals surface area contributed by atoms with Crippen LogP contribution in [-0.2, 0) is 12.7 Å². The standard InChI is InChI=1S/C24H19F4N5O.ClH/c25-18-4-1-3-15(9-18)14-33-20(11-16-10-17(24(26,27)28)12-30-22(16)33)23(34)31-19-5-6-21(29-13-19)32-7-2-8-32;/h1,3-6,9-13H,2,7-8,14H2,(H,31,34);1H. The first-order valence-corrected chi connectivity index (χ1v) is 10.6. The second-order valence-electron chi connectivity index (χ2n) is 8.08. The molecule has 1 aliphatic heterocycles. The number of rotatable bonds is 5. The van der Waals surface area contributed by atoms with E-state index in [9.17, 15) is 22.4 Å². The van der Waals surface area contributed by atoms with Crippen LogP contribution < -0.4 is 10.2 Å². The Morgan fingerprint density at radius 1 is 1.03 bits per heavy atom. The summed E-state index contributed by atoms with van der Waals surface area (Å²) in [5.41, 5.74) is 0.349. The first kappa shape index (κ1) is 24.5. The number of nitrogens with one attached hydrogen (secondary N) is 1.